The minimum atomic E-state index is -0.245. The van der Waals surface area contributed by atoms with E-state index in [1.807, 2.05) is 42.6 Å². The van der Waals surface area contributed by atoms with E-state index in [2.05, 4.69) is 5.10 Å². The largest absolute Gasteiger partial charge is 0.394 e. The van der Waals surface area contributed by atoms with Crippen LogP contribution in [-0.2, 0) is 6.54 Å². The first-order valence-corrected chi connectivity index (χ1v) is 6.77. The lowest BCUT2D eigenvalue weighted by Crippen LogP contribution is -2.02. The Bertz CT molecular complexity index is 752. The molecule has 4 heteroatoms. The smallest absolute Gasteiger partial charge is 0.123 e. The molecule has 1 heterocycles. The summed E-state index contributed by atoms with van der Waals surface area (Å²) in [6, 6.07) is 16.3. The number of aromatic nitrogens is 2. The van der Waals surface area contributed by atoms with Gasteiger partial charge in [0, 0.05) is 11.8 Å². The van der Waals surface area contributed by atoms with Crippen LogP contribution >= 0.6 is 0 Å². The van der Waals surface area contributed by atoms with Gasteiger partial charge in [0.2, 0.25) is 0 Å². The first-order chi connectivity index (χ1) is 10.3. The third-order valence-electron chi connectivity index (χ3n) is 3.29. The topological polar surface area (TPSA) is 38.0 Å². The molecule has 3 rings (SSSR count). The summed E-state index contributed by atoms with van der Waals surface area (Å²) in [4.78, 5) is 0. The fourth-order valence-corrected chi connectivity index (χ4v) is 2.27. The zero-order valence-electron chi connectivity index (χ0n) is 11.4. The molecule has 3 nitrogen and oxygen atoms in total. The lowest BCUT2D eigenvalue weighted by atomic mass is 10.0. The molecule has 0 fully saturated rings. The number of hydrogen-bond acceptors (Lipinski definition) is 2. The number of halogens is 1. The molecule has 0 aliphatic carbocycles. The van der Waals surface area contributed by atoms with Gasteiger partial charge in [-0.3, -0.25) is 4.68 Å². The Hall–Kier alpha value is -2.46. The summed E-state index contributed by atoms with van der Waals surface area (Å²) in [5.74, 6) is -0.245. The monoisotopic (exact) mass is 282 g/mol. The third kappa shape index (κ3) is 3.01. The van der Waals surface area contributed by atoms with Crippen LogP contribution in [0.4, 0.5) is 4.39 Å². The van der Waals surface area contributed by atoms with Gasteiger partial charge in [-0.15, -0.1) is 0 Å². The van der Waals surface area contributed by atoms with E-state index in [9.17, 15) is 4.39 Å². The van der Waals surface area contributed by atoms with Crippen molar-refractivity contribution in [2.24, 2.45) is 0 Å². The number of benzene rings is 2. The summed E-state index contributed by atoms with van der Waals surface area (Å²) in [6.45, 7) is 0.536. The van der Waals surface area contributed by atoms with Crippen molar-refractivity contribution < 1.29 is 9.50 Å². The second kappa shape index (κ2) is 5.89. The molecule has 2 aromatic carbocycles. The molecule has 1 N–H and O–H groups in total. The van der Waals surface area contributed by atoms with Crippen molar-refractivity contribution in [3.8, 4) is 22.4 Å². The van der Waals surface area contributed by atoms with E-state index in [1.165, 1.54) is 12.1 Å². The van der Waals surface area contributed by atoms with Gasteiger partial charge in [0.25, 0.3) is 0 Å². The van der Waals surface area contributed by atoms with Crippen LogP contribution < -0.4 is 0 Å². The molecule has 1 aromatic heterocycles. The number of rotatable bonds is 4. The third-order valence-corrected chi connectivity index (χ3v) is 3.29. The van der Waals surface area contributed by atoms with Gasteiger partial charge in [-0.25, -0.2) is 4.39 Å². The van der Waals surface area contributed by atoms with E-state index in [1.54, 1.807) is 10.7 Å². The van der Waals surface area contributed by atoms with Crippen molar-refractivity contribution >= 4 is 0 Å². The van der Waals surface area contributed by atoms with Gasteiger partial charge in [0.1, 0.15) is 5.82 Å². The second-order valence-corrected chi connectivity index (χ2v) is 4.78. The lowest BCUT2D eigenvalue weighted by molar-refractivity contribution is 0.269. The lowest BCUT2D eigenvalue weighted by Gasteiger charge is -2.04. The predicted molar refractivity (Wildman–Crippen MR) is 80.1 cm³/mol. The summed E-state index contributed by atoms with van der Waals surface area (Å²) < 4.78 is 15.0. The summed E-state index contributed by atoms with van der Waals surface area (Å²) in [5, 5.41) is 13.3. The Morgan fingerprint density at radius 3 is 2.43 bits per heavy atom. The van der Waals surface area contributed by atoms with Crippen LogP contribution in [0.2, 0.25) is 0 Å². The van der Waals surface area contributed by atoms with E-state index in [0.717, 1.165) is 22.4 Å². The maximum Gasteiger partial charge on any atom is 0.123 e. The van der Waals surface area contributed by atoms with Gasteiger partial charge < -0.3 is 5.11 Å². The fraction of sp³-hybridized carbons (Fsp3) is 0.118. The molecule has 0 bridgehead atoms. The minimum Gasteiger partial charge on any atom is -0.394 e. The van der Waals surface area contributed by atoms with Crippen LogP contribution in [0.3, 0.4) is 0 Å². The first kappa shape index (κ1) is 13.5. The molecular weight excluding hydrogens is 267 g/mol. The molecule has 0 aliphatic rings. The maximum atomic E-state index is 13.3. The Kier molecular flexibility index (Phi) is 3.79. The van der Waals surface area contributed by atoms with E-state index in [4.69, 9.17) is 5.11 Å². The van der Waals surface area contributed by atoms with E-state index in [0.29, 0.717) is 6.54 Å². The van der Waals surface area contributed by atoms with Crippen LogP contribution in [0.5, 0.6) is 0 Å². The normalized spacial score (nSPS) is 10.8. The zero-order valence-corrected chi connectivity index (χ0v) is 11.4. The van der Waals surface area contributed by atoms with Crippen molar-refractivity contribution in [1.29, 1.82) is 0 Å². The molecule has 0 amide bonds. The van der Waals surface area contributed by atoms with Crippen LogP contribution in [-0.4, -0.2) is 21.5 Å². The molecule has 21 heavy (non-hydrogen) atoms. The molecule has 0 atom stereocenters. The van der Waals surface area contributed by atoms with Gasteiger partial charge in [-0.05, 0) is 35.4 Å². The fourth-order valence-electron chi connectivity index (χ4n) is 2.27. The quantitative estimate of drug-likeness (QED) is 0.797. The van der Waals surface area contributed by atoms with Gasteiger partial charge in [-0.2, -0.15) is 5.10 Å². The average molecular weight is 282 g/mol. The van der Waals surface area contributed by atoms with Crippen molar-refractivity contribution in [2.45, 2.75) is 6.54 Å². The molecule has 0 saturated carbocycles. The van der Waals surface area contributed by atoms with Gasteiger partial charge in [0.05, 0.1) is 18.8 Å². The van der Waals surface area contributed by atoms with Gasteiger partial charge in [0.15, 0.2) is 0 Å². The molecule has 0 unspecified atom stereocenters. The molecule has 0 saturated heterocycles. The van der Waals surface area contributed by atoms with Gasteiger partial charge >= 0.3 is 0 Å². The number of aliphatic hydroxyl groups excluding tert-OH is 1. The number of hydrogen-bond donors (Lipinski definition) is 1. The van der Waals surface area contributed by atoms with Crippen LogP contribution in [0.1, 0.15) is 0 Å². The van der Waals surface area contributed by atoms with Crippen LogP contribution in [0, 0.1) is 5.82 Å². The first-order valence-electron chi connectivity index (χ1n) is 6.77. The standard InChI is InChI=1S/C17H15FN2O/c18-16-6-2-4-14(12-16)13-3-1-5-15(11-13)17-7-8-20(19-17)9-10-21/h1-8,11-12,21H,9-10H2. The Labute approximate surface area is 122 Å². The summed E-state index contributed by atoms with van der Waals surface area (Å²) in [7, 11) is 0. The van der Waals surface area contributed by atoms with Crippen molar-refractivity contribution in [3.63, 3.8) is 0 Å². The van der Waals surface area contributed by atoms with Gasteiger partial charge in [-0.1, -0.05) is 30.3 Å². The summed E-state index contributed by atoms with van der Waals surface area (Å²) >= 11 is 0. The maximum absolute atomic E-state index is 13.3. The van der Waals surface area contributed by atoms with Crippen molar-refractivity contribution in [3.05, 3.63) is 66.6 Å². The number of aliphatic hydroxyl groups is 1. The molecule has 0 spiro atoms. The van der Waals surface area contributed by atoms with Crippen molar-refractivity contribution in [1.82, 2.24) is 9.78 Å². The van der Waals surface area contributed by atoms with Crippen LogP contribution in [0.25, 0.3) is 22.4 Å². The predicted octanol–water partition coefficient (Wildman–Crippen LogP) is 3.35. The van der Waals surface area contributed by atoms with Crippen LogP contribution in [0.15, 0.2) is 60.8 Å². The van der Waals surface area contributed by atoms with Crippen molar-refractivity contribution in [2.75, 3.05) is 6.61 Å². The molecule has 106 valence electrons. The summed E-state index contributed by atoms with van der Waals surface area (Å²) in [6.07, 6.45) is 1.83. The van der Waals surface area contributed by atoms with E-state index >= 15 is 0 Å². The Morgan fingerprint density at radius 2 is 1.67 bits per heavy atom. The minimum absolute atomic E-state index is 0.0600. The highest BCUT2D eigenvalue weighted by Gasteiger charge is 2.05. The highest BCUT2D eigenvalue weighted by atomic mass is 19.1. The second-order valence-electron chi connectivity index (χ2n) is 4.78. The highest BCUT2D eigenvalue weighted by molar-refractivity contribution is 5.71. The Morgan fingerprint density at radius 1 is 0.952 bits per heavy atom. The molecule has 0 aliphatic heterocycles. The van der Waals surface area contributed by atoms with E-state index < -0.39 is 0 Å². The van der Waals surface area contributed by atoms with E-state index in [-0.39, 0.29) is 12.4 Å². The molecular formula is C17H15FN2O. The molecule has 3 aromatic rings. The highest BCUT2D eigenvalue weighted by Crippen LogP contribution is 2.25. The average Bonchev–Trinajstić information content (AvgIpc) is 2.97. The summed E-state index contributed by atoms with van der Waals surface area (Å²) in [5.41, 5.74) is 3.59. The zero-order chi connectivity index (χ0) is 14.7. The SMILES string of the molecule is OCCn1ccc(-c2cccc(-c3cccc(F)c3)c2)n1. The molecule has 0 radical (unpaired) electrons. The number of nitrogens with zero attached hydrogens (tertiary/aromatic N) is 2. The Balaban J connectivity index is 1.95.